The van der Waals surface area contributed by atoms with Crippen LogP contribution >= 0.6 is 0 Å². The molecule has 2 amide bonds. The first-order chi connectivity index (χ1) is 14.5. The van der Waals surface area contributed by atoms with E-state index in [0.717, 1.165) is 51.6 Å². The molecule has 0 radical (unpaired) electrons. The molecule has 1 N–H and O–H groups in total. The molecule has 0 bridgehead atoms. The molecule has 1 saturated heterocycles. The number of benzene rings is 1. The Labute approximate surface area is 181 Å². The molecular weight excluding hydrogens is 380 g/mol. The first-order valence-electron chi connectivity index (χ1n) is 11.4. The average Bonchev–Trinajstić information content (AvgIpc) is 2.77. The Balaban J connectivity index is 1.87. The van der Waals surface area contributed by atoms with Gasteiger partial charge in [-0.15, -0.1) is 0 Å². The summed E-state index contributed by atoms with van der Waals surface area (Å²) in [4.78, 5) is 27.0. The van der Waals surface area contributed by atoms with Gasteiger partial charge in [-0.05, 0) is 63.3 Å². The second kappa shape index (κ2) is 12.6. The number of carbonyl (C=O) groups excluding carboxylic acids is 2. The molecule has 2 rings (SSSR count). The van der Waals surface area contributed by atoms with Crippen LogP contribution in [0.1, 0.15) is 72.1 Å². The van der Waals surface area contributed by atoms with Gasteiger partial charge in [-0.3, -0.25) is 9.59 Å². The van der Waals surface area contributed by atoms with E-state index >= 15 is 0 Å². The summed E-state index contributed by atoms with van der Waals surface area (Å²) in [6.45, 7) is 8.32. The van der Waals surface area contributed by atoms with E-state index in [0.29, 0.717) is 24.5 Å². The van der Waals surface area contributed by atoms with Crippen molar-refractivity contribution in [2.24, 2.45) is 0 Å². The molecule has 0 saturated carbocycles. The van der Waals surface area contributed by atoms with Gasteiger partial charge in [0.15, 0.2) is 6.61 Å². The highest BCUT2D eigenvalue weighted by Crippen LogP contribution is 2.24. The Morgan fingerprint density at radius 1 is 1.03 bits per heavy atom. The van der Waals surface area contributed by atoms with Crippen molar-refractivity contribution in [2.75, 3.05) is 31.6 Å². The molecule has 1 fully saturated rings. The number of carbonyl (C=O) groups is 2. The van der Waals surface area contributed by atoms with Crippen molar-refractivity contribution in [3.63, 3.8) is 0 Å². The number of piperidine rings is 1. The smallest absolute Gasteiger partial charge is 0.260 e. The average molecular weight is 419 g/mol. The van der Waals surface area contributed by atoms with Gasteiger partial charge >= 0.3 is 0 Å². The van der Waals surface area contributed by atoms with Crippen LogP contribution in [0.25, 0.3) is 0 Å². The van der Waals surface area contributed by atoms with E-state index in [1.54, 1.807) is 24.3 Å². The van der Waals surface area contributed by atoms with E-state index in [1.807, 2.05) is 18.7 Å². The summed E-state index contributed by atoms with van der Waals surface area (Å²) in [5.74, 6) is 0.523. The Bertz CT molecular complexity index is 656. The van der Waals surface area contributed by atoms with Crippen molar-refractivity contribution in [3.8, 4) is 5.75 Å². The van der Waals surface area contributed by atoms with Crippen LogP contribution in [0.3, 0.4) is 0 Å². The highest BCUT2D eigenvalue weighted by molar-refractivity contribution is 5.97. The van der Waals surface area contributed by atoms with Crippen molar-refractivity contribution < 1.29 is 19.1 Å². The van der Waals surface area contributed by atoms with Gasteiger partial charge in [-0.25, -0.2) is 0 Å². The molecule has 0 aromatic heterocycles. The monoisotopic (exact) mass is 418 g/mol. The highest BCUT2D eigenvalue weighted by atomic mass is 16.5. The normalized spacial score (nSPS) is 16.0. The largest absolute Gasteiger partial charge is 0.484 e. The van der Waals surface area contributed by atoms with Crippen LogP contribution in [0.4, 0.5) is 5.69 Å². The van der Waals surface area contributed by atoms with Crippen LogP contribution in [0.5, 0.6) is 5.75 Å². The maximum atomic E-state index is 12.9. The van der Waals surface area contributed by atoms with Gasteiger partial charge in [-0.1, -0.05) is 33.1 Å². The molecule has 1 aromatic carbocycles. The standard InChI is InChI=1S/C24H38N2O4/c1-4-6-8-15-24(3,30-18-5-2)23(28)25-20-11-13-21(14-12-20)29-19-22(27)26-16-9-7-10-17-26/h11-14H,4-10,15-19H2,1-3H3,(H,25,28). The number of unbranched alkanes of at least 4 members (excludes halogenated alkanes) is 2. The Hall–Kier alpha value is -2.08. The minimum atomic E-state index is -0.832. The fourth-order valence-corrected chi connectivity index (χ4v) is 3.57. The van der Waals surface area contributed by atoms with Crippen molar-refractivity contribution in [2.45, 2.75) is 77.7 Å². The number of rotatable bonds is 12. The van der Waals surface area contributed by atoms with Crippen molar-refractivity contribution in [1.82, 2.24) is 4.90 Å². The van der Waals surface area contributed by atoms with E-state index in [9.17, 15) is 9.59 Å². The number of anilines is 1. The van der Waals surface area contributed by atoms with Crippen LogP contribution in [-0.2, 0) is 14.3 Å². The first kappa shape index (κ1) is 24.2. The third-order valence-corrected chi connectivity index (χ3v) is 5.55. The number of hydrogen-bond donors (Lipinski definition) is 1. The fraction of sp³-hybridized carbons (Fsp3) is 0.667. The quantitative estimate of drug-likeness (QED) is 0.496. The molecule has 30 heavy (non-hydrogen) atoms. The van der Waals surface area contributed by atoms with E-state index in [4.69, 9.17) is 9.47 Å². The number of likely N-dealkylation sites (tertiary alicyclic amines) is 1. The van der Waals surface area contributed by atoms with E-state index < -0.39 is 5.60 Å². The second-order valence-electron chi connectivity index (χ2n) is 8.25. The molecule has 1 unspecified atom stereocenters. The zero-order valence-corrected chi connectivity index (χ0v) is 18.9. The van der Waals surface area contributed by atoms with Gasteiger partial charge in [0.05, 0.1) is 0 Å². The number of nitrogens with zero attached hydrogens (tertiary/aromatic N) is 1. The summed E-state index contributed by atoms with van der Waals surface area (Å²) in [5, 5.41) is 2.97. The van der Waals surface area contributed by atoms with Crippen molar-refractivity contribution in [3.05, 3.63) is 24.3 Å². The summed E-state index contributed by atoms with van der Waals surface area (Å²) in [6, 6.07) is 7.15. The summed E-state index contributed by atoms with van der Waals surface area (Å²) in [6.07, 6.45) is 8.05. The van der Waals surface area contributed by atoms with Gasteiger partial charge < -0.3 is 19.7 Å². The fourth-order valence-electron chi connectivity index (χ4n) is 3.57. The molecule has 1 heterocycles. The van der Waals surface area contributed by atoms with Crippen LogP contribution in [0.2, 0.25) is 0 Å². The van der Waals surface area contributed by atoms with Crippen molar-refractivity contribution >= 4 is 17.5 Å². The van der Waals surface area contributed by atoms with Gasteiger partial charge in [0.25, 0.3) is 11.8 Å². The molecule has 1 aromatic rings. The maximum absolute atomic E-state index is 12.9. The van der Waals surface area contributed by atoms with Gasteiger partial charge in [0.2, 0.25) is 0 Å². The lowest BCUT2D eigenvalue weighted by Gasteiger charge is -2.29. The SMILES string of the molecule is CCCCCC(C)(OCCC)C(=O)Nc1ccc(OCC(=O)N2CCCCC2)cc1. The van der Waals surface area contributed by atoms with Crippen LogP contribution in [-0.4, -0.2) is 48.6 Å². The third-order valence-electron chi connectivity index (χ3n) is 5.55. The zero-order chi connectivity index (χ0) is 21.8. The summed E-state index contributed by atoms with van der Waals surface area (Å²) in [7, 11) is 0. The number of amides is 2. The Kier molecular flexibility index (Phi) is 10.1. The third kappa shape index (κ3) is 7.63. The molecule has 1 atom stereocenters. The first-order valence-corrected chi connectivity index (χ1v) is 11.4. The lowest BCUT2D eigenvalue weighted by Crippen LogP contribution is -2.43. The molecular formula is C24H38N2O4. The van der Waals surface area contributed by atoms with Crippen LogP contribution in [0.15, 0.2) is 24.3 Å². The second-order valence-corrected chi connectivity index (χ2v) is 8.25. The summed E-state index contributed by atoms with van der Waals surface area (Å²) < 4.78 is 11.6. The number of hydrogen-bond acceptors (Lipinski definition) is 4. The van der Waals surface area contributed by atoms with Gasteiger partial charge in [0, 0.05) is 25.4 Å². The molecule has 0 spiro atoms. The van der Waals surface area contributed by atoms with E-state index in [-0.39, 0.29) is 18.4 Å². The lowest BCUT2D eigenvalue weighted by atomic mass is 9.96. The molecule has 1 aliphatic rings. The number of ether oxygens (including phenoxy) is 2. The lowest BCUT2D eigenvalue weighted by molar-refractivity contribution is -0.140. The minimum absolute atomic E-state index is 0.0306. The van der Waals surface area contributed by atoms with E-state index in [2.05, 4.69) is 12.2 Å². The zero-order valence-electron chi connectivity index (χ0n) is 18.9. The molecule has 6 heteroatoms. The maximum Gasteiger partial charge on any atom is 0.260 e. The van der Waals surface area contributed by atoms with Gasteiger partial charge in [-0.2, -0.15) is 0 Å². The molecule has 0 aliphatic carbocycles. The van der Waals surface area contributed by atoms with Gasteiger partial charge in [0.1, 0.15) is 11.4 Å². The predicted octanol–water partition coefficient (Wildman–Crippen LogP) is 4.78. The Morgan fingerprint density at radius 2 is 1.73 bits per heavy atom. The summed E-state index contributed by atoms with van der Waals surface area (Å²) in [5.41, 5.74) is -0.141. The topological polar surface area (TPSA) is 67.9 Å². The van der Waals surface area contributed by atoms with Crippen molar-refractivity contribution in [1.29, 1.82) is 0 Å². The minimum Gasteiger partial charge on any atom is -0.484 e. The van der Waals surface area contributed by atoms with Crippen LogP contribution < -0.4 is 10.1 Å². The molecule has 6 nitrogen and oxygen atoms in total. The van der Waals surface area contributed by atoms with E-state index in [1.165, 1.54) is 6.42 Å². The predicted molar refractivity (Wildman–Crippen MR) is 120 cm³/mol. The molecule has 168 valence electrons. The number of nitrogens with one attached hydrogen (secondary N) is 1. The highest BCUT2D eigenvalue weighted by Gasteiger charge is 2.33. The summed E-state index contributed by atoms with van der Waals surface area (Å²) >= 11 is 0. The van der Waals surface area contributed by atoms with Crippen LogP contribution in [0, 0.1) is 0 Å². The molecule has 1 aliphatic heterocycles. The Morgan fingerprint density at radius 3 is 2.37 bits per heavy atom.